The topological polar surface area (TPSA) is 107 Å². The number of carbonyl (C=O) groups excluding carboxylic acids is 1. The average Bonchev–Trinajstić information content (AvgIpc) is 3.07. The maximum Gasteiger partial charge on any atom is 0.249 e. The van der Waals surface area contributed by atoms with Gasteiger partial charge in [0.15, 0.2) is 0 Å². The van der Waals surface area contributed by atoms with Crippen LogP contribution in [0.3, 0.4) is 0 Å². The van der Waals surface area contributed by atoms with E-state index >= 15 is 0 Å². The monoisotopic (exact) mass is 368 g/mol. The highest BCUT2D eigenvalue weighted by molar-refractivity contribution is 5.99. The third kappa shape index (κ3) is 3.72. The SMILES string of the molecule is NC(=O)C1=C2NC(=NCc3cccnc3)C=CN2N(C2CCC(O)CC2)C1. The van der Waals surface area contributed by atoms with Crippen LogP contribution in [0.4, 0.5) is 0 Å². The summed E-state index contributed by atoms with van der Waals surface area (Å²) in [5.41, 5.74) is 7.20. The lowest BCUT2D eigenvalue weighted by molar-refractivity contribution is -0.114. The summed E-state index contributed by atoms with van der Waals surface area (Å²) in [7, 11) is 0. The highest BCUT2D eigenvalue weighted by atomic mass is 16.3. The molecule has 4 rings (SSSR count). The van der Waals surface area contributed by atoms with E-state index in [9.17, 15) is 9.90 Å². The van der Waals surface area contributed by atoms with Gasteiger partial charge in [-0.2, -0.15) is 0 Å². The molecule has 0 atom stereocenters. The van der Waals surface area contributed by atoms with Crippen molar-refractivity contribution in [3.05, 3.63) is 53.8 Å². The summed E-state index contributed by atoms with van der Waals surface area (Å²) in [5, 5.41) is 17.1. The molecule has 1 saturated carbocycles. The van der Waals surface area contributed by atoms with Gasteiger partial charge in [-0.15, -0.1) is 0 Å². The van der Waals surface area contributed by atoms with Crippen LogP contribution in [0, 0.1) is 0 Å². The molecule has 1 fully saturated rings. The van der Waals surface area contributed by atoms with Crippen molar-refractivity contribution in [1.29, 1.82) is 0 Å². The first-order valence-electron chi connectivity index (χ1n) is 9.27. The van der Waals surface area contributed by atoms with Crippen LogP contribution in [0.15, 0.2) is 53.2 Å². The molecule has 0 unspecified atom stereocenters. The second-order valence-electron chi connectivity index (χ2n) is 7.10. The van der Waals surface area contributed by atoms with Crippen LogP contribution in [0.2, 0.25) is 0 Å². The number of hydrogen-bond acceptors (Lipinski definition) is 6. The van der Waals surface area contributed by atoms with Gasteiger partial charge < -0.3 is 16.2 Å². The lowest BCUT2D eigenvalue weighted by atomic mass is 9.92. The number of aromatic nitrogens is 1. The van der Waals surface area contributed by atoms with Crippen LogP contribution in [-0.2, 0) is 11.3 Å². The van der Waals surface area contributed by atoms with Crippen molar-refractivity contribution in [3.8, 4) is 0 Å². The third-order valence-electron chi connectivity index (χ3n) is 5.27. The lowest BCUT2D eigenvalue weighted by Crippen LogP contribution is -2.48. The fourth-order valence-electron chi connectivity index (χ4n) is 3.79. The van der Waals surface area contributed by atoms with Crippen molar-refractivity contribution >= 4 is 11.7 Å². The number of nitrogens with two attached hydrogens (primary N) is 1. The van der Waals surface area contributed by atoms with Crippen LogP contribution in [0.1, 0.15) is 31.2 Å². The summed E-state index contributed by atoms with van der Waals surface area (Å²) in [4.78, 5) is 20.6. The number of nitrogens with zero attached hydrogens (tertiary/aromatic N) is 4. The van der Waals surface area contributed by atoms with E-state index in [4.69, 9.17) is 5.73 Å². The number of amidine groups is 1. The van der Waals surface area contributed by atoms with Crippen LogP contribution in [0.5, 0.6) is 0 Å². The maximum atomic E-state index is 12.0. The quantitative estimate of drug-likeness (QED) is 0.720. The zero-order valence-corrected chi connectivity index (χ0v) is 15.1. The molecule has 0 aromatic carbocycles. The summed E-state index contributed by atoms with van der Waals surface area (Å²) < 4.78 is 0. The van der Waals surface area contributed by atoms with E-state index in [0.29, 0.717) is 30.3 Å². The van der Waals surface area contributed by atoms with E-state index in [1.165, 1.54) is 0 Å². The summed E-state index contributed by atoms with van der Waals surface area (Å²) in [5.74, 6) is 0.939. The van der Waals surface area contributed by atoms with Crippen molar-refractivity contribution in [2.45, 2.75) is 44.4 Å². The Kier molecular flexibility index (Phi) is 4.91. The first-order chi connectivity index (χ1) is 13.1. The molecular weight excluding hydrogens is 344 g/mol. The number of hydrazine groups is 1. The molecule has 0 radical (unpaired) electrons. The molecule has 8 heteroatoms. The highest BCUT2D eigenvalue weighted by Gasteiger charge is 2.38. The Morgan fingerprint density at radius 2 is 2.19 bits per heavy atom. The first kappa shape index (κ1) is 17.7. The molecule has 2 aliphatic heterocycles. The zero-order chi connectivity index (χ0) is 18.8. The smallest absolute Gasteiger partial charge is 0.249 e. The normalized spacial score (nSPS) is 27.0. The minimum atomic E-state index is -0.428. The standard InChI is InChI=1S/C19H24N6O2/c20-18(27)16-12-25(14-3-5-15(26)6-4-14)24-9-7-17(23-19(16)24)22-11-13-2-1-8-21-10-13/h1-2,7-10,14-15,26H,3-6,11-12H2,(H2,20,27)(H,22,23). The molecule has 142 valence electrons. The van der Waals surface area contributed by atoms with Crippen LogP contribution in [0.25, 0.3) is 0 Å². The van der Waals surface area contributed by atoms with Crippen LogP contribution < -0.4 is 11.1 Å². The van der Waals surface area contributed by atoms with Gasteiger partial charge in [-0.3, -0.25) is 19.8 Å². The Balaban J connectivity index is 1.53. The number of hydrogen-bond donors (Lipinski definition) is 3. The molecular formula is C19H24N6O2. The van der Waals surface area contributed by atoms with E-state index < -0.39 is 5.91 Å². The van der Waals surface area contributed by atoms with Crippen LogP contribution >= 0.6 is 0 Å². The van der Waals surface area contributed by atoms with Crippen molar-refractivity contribution in [3.63, 3.8) is 0 Å². The predicted molar refractivity (Wildman–Crippen MR) is 101 cm³/mol. The van der Waals surface area contributed by atoms with Gasteiger partial charge in [0.25, 0.3) is 0 Å². The van der Waals surface area contributed by atoms with Gasteiger partial charge in [-0.05, 0) is 43.4 Å². The third-order valence-corrected chi connectivity index (χ3v) is 5.27. The Morgan fingerprint density at radius 3 is 2.89 bits per heavy atom. The Bertz CT molecular complexity index is 796. The number of pyridine rings is 1. The zero-order valence-electron chi connectivity index (χ0n) is 15.1. The van der Waals surface area contributed by atoms with Gasteiger partial charge in [0.2, 0.25) is 5.91 Å². The number of amides is 1. The van der Waals surface area contributed by atoms with E-state index in [1.807, 2.05) is 29.4 Å². The van der Waals surface area contributed by atoms with E-state index in [1.54, 1.807) is 12.4 Å². The maximum absolute atomic E-state index is 12.0. The Morgan fingerprint density at radius 1 is 1.37 bits per heavy atom. The molecule has 3 heterocycles. The van der Waals surface area contributed by atoms with Crippen LogP contribution in [-0.4, -0.2) is 50.5 Å². The number of aliphatic imine (C=N–C) groups is 1. The minimum absolute atomic E-state index is 0.215. The molecule has 0 spiro atoms. The van der Waals surface area contributed by atoms with Gasteiger partial charge in [0, 0.05) is 24.6 Å². The van der Waals surface area contributed by atoms with Crippen molar-refractivity contribution in [1.82, 2.24) is 20.3 Å². The number of carbonyl (C=O) groups is 1. The number of fused-ring (bicyclic) bond motifs is 1. The Hall–Kier alpha value is -2.71. The number of aliphatic hydroxyl groups is 1. The molecule has 3 aliphatic rings. The number of primary amides is 1. The largest absolute Gasteiger partial charge is 0.393 e. The molecule has 4 N–H and O–H groups in total. The number of rotatable bonds is 4. The van der Waals surface area contributed by atoms with E-state index in [-0.39, 0.29) is 12.1 Å². The first-order valence-corrected chi connectivity index (χ1v) is 9.27. The molecule has 0 bridgehead atoms. The van der Waals surface area contributed by atoms with Crippen molar-refractivity contribution in [2.24, 2.45) is 10.7 Å². The van der Waals surface area contributed by atoms with E-state index in [2.05, 4.69) is 20.3 Å². The Labute approximate surface area is 158 Å². The second-order valence-corrected chi connectivity index (χ2v) is 7.10. The summed E-state index contributed by atoms with van der Waals surface area (Å²) >= 11 is 0. The summed E-state index contributed by atoms with van der Waals surface area (Å²) in [6.07, 6.45) is 10.5. The predicted octanol–water partition coefficient (Wildman–Crippen LogP) is 0.630. The fraction of sp³-hybridized carbons (Fsp3) is 0.421. The second kappa shape index (κ2) is 7.50. The fourth-order valence-corrected chi connectivity index (χ4v) is 3.79. The number of nitrogens with one attached hydrogen (secondary N) is 1. The van der Waals surface area contributed by atoms with Crippen molar-refractivity contribution < 1.29 is 9.90 Å². The highest BCUT2D eigenvalue weighted by Crippen LogP contribution is 2.32. The number of aliphatic hydroxyl groups excluding tert-OH is 1. The van der Waals surface area contributed by atoms with Gasteiger partial charge >= 0.3 is 0 Å². The van der Waals surface area contributed by atoms with Gasteiger partial charge in [-0.25, -0.2) is 5.01 Å². The van der Waals surface area contributed by atoms with Gasteiger partial charge in [-0.1, -0.05) is 6.07 Å². The van der Waals surface area contributed by atoms with Gasteiger partial charge in [0.1, 0.15) is 11.7 Å². The molecule has 0 saturated heterocycles. The molecule has 27 heavy (non-hydrogen) atoms. The van der Waals surface area contributed by atoms with Crippen molar-refractivity contribution in [2.75, 3.05) is 6.54 Å². The molecule has 8 nitrogen and oxygen atoms in total. The minimum Gasteiger partial charge on any atom is -0.393 e. The summed E-state index contributed by atoms with van der Waals surface area (Å²) in [6, 6.07) is 4.13. The molecule has 1 aromatic rings. The van der Waals surface area contributed by atoms with E-state index in [0.717, 1.165) is 31.2 Å². The molecule has 1 aromatic heterocycles. The lowest BCUT2D eigenvalue weighted by Gasteiger charge is -2.39. The average molecular weight is 368 g/mol. The molecule has 1 amide bonds. The summed E-state index contributed by atoms with van der Waals surface area (Å²) in [6.45, 7) is 0.975. The molecule has 1 aliphatic carbocycles. The van der Waals surface area contributed by atoms with Gasteiger partial charge in [0.05, 0.1) is 24.8 Å².